The Kier molecular flexibility index (Phi) is 5.20. The van der Waals surface area contributed by atoms with Crippen LogP contribution in [0.25, 0.3) is 0 Å². The molecule has 0 saturated heterocycles. The third-order valence-corrected chi connectivity index (χ3v) is 2.09. The Morgan fingerprint density at radius 1 is 1.80 bits per heavy atom. The van der Waals surface area contributed by atoms with Crippen LogP contribution in [0.4, 0.5) is 4.79 Å². The van der Waals surface area contributed by atoms with Gasteiger partial charge < -0.3 is 10.1 Å². The van der Waals surface area contributed by atoms with Crippen LogP contribution in [-0.4, -0.2) is 31.3 Å². The Labute approximate surface area is 65.5 Å². The molecule has 0 aromatic heterocycles. The Hall–Kier alpha value is -0.380. The van der Waals surface area contributed by atoms with E-state index in [2.05, 4.69) is 10.1 Å². The van der Waals surface area contributed by atoms with E-state index in [9.17, 15) is 4.79 Å². The fourth-order valence-electron chi connectivity index (χ4n) is 0.383. The van der Waals surface area contributed by atoms with Crippen LogP contribution in [0.15, 0.2) is 0 Å². The number of nitrogens with one attached hydrogen (secondary N) is 1. The van der Waals surface area contributed by atoms with Crippen molar-refractivity contribution in [2.75, 3.05) is 19.9 Å². The van der Waals surface area contributed by atoms with Crippen LogP contribution in [0.2, 0.25) is 0 Å². The van der Waals surface area contributed by atoms with Crippen molar-refractivity contribution in [1.82, 2.24) is 5.32 Å². The van der Waals surface area contributed by atoms with Crippen molar-refractivity contribution in [3.8, 4) is 0 Å². The van der Waals surface area contributed by atoms with Crippen LogP contribution in [0, 0.1) is 0 Å². The van der Waals surface area contributed by atoms with Gasteiger partial charge in [-0.25, -0.2) is 4.79 Å². The average molecular weight is 163 g/mol. The first kappa shape index (κ1) is 9.62. The summed E-state index contributed by atoms with van der Waals surface area (Å²) < 4.78 is 4.39. The molecule has 60 valence electrons. The lowest BCUT2D eigenvalue weighted by molar-refractivity contribution is 0.171. The summed E-state index contributed by atoms with van der Waals surface area (Å²) in [6.45, 7) is 2.70. The molecule has 1 N–H and O–H groups in total. The number of hydrogen-bond acceptors (Lipinski definition) is 3. The van der Waals surface area contributed by atoms with Gasteiger partial charge in [0.25, 0.3) is 0 Å². The molecule has 0 radical (unpaired) electrons. The van der Waals surface area contributed by atoms with E-state index in [4.69, 9.17) is 0 Å². The maximum atomic E-state index is 10.5. The van der Waals surface area contributed by atoms with Gasteiger partial charge in [0.1, 0.15) is 0 Å². The number of carbonyl (C=O) groups excluding carboxylic acids is 1. The molecular formula is C6H13NO2S. The summed E-state index contributed by atoms with van der Waals surface area (Å²) in [5, 5.41) is 3.04. The van der Waals surface area contributed by atoms with Gasteiger partial charge in [0, 0.05) is 11.8 Å². The topological polar surface area (TPSA) is 38.3 Å². The van der Waals surface area contributed by atoms with E-state index >= 15 is 0 Å². The standard InChI is InChI=1S/C6H13NO2S/c1-5(10-3)4-7-6(8)9-2/h5H,4H2,1-3H3,(H,7,8). The Balaban J connectivity index is 3.26. The highest BCUT2D eigenvalue weighted by atomic mass is 32.2. The van der Waals surface area contributed by atoms with Gasteiger partial charge in [0.15, 0.2) is 0 Å². The highest BCUT2D eigenvalue weighted by molar-refractivity contribution is 7.99. The molecule has 0 aliphatic carbocycles. The normalized spacial score (nSPS) is 12.3. The monoisotopic (exact) mass is 163 g/mol. The minimum absolute atomic E-state index is 0.360. The minimum atomic E-state index is -0.360. The Bertz CT molecular complexity index is 108. The number of rotatable bonds is 3. The second-order valence-corrected chi connectivity index (χ2v) is 3.19. The number of thioether (sulfide) groups is 1. The molecule has 1 atom stereocenters. The van der Waals surface area contributed by atoms with E-state index in [1.807, 2.05) is 13.2 Å². The summed E-state index contributed by atoms with van der Waals surface area (Å²) in [7, 11) is 1.36. The SMILES string of the molecule is COC(=O)NCC(C)SC. The number of ether oxygens (including phenoxy) is 1. The van der Waals surface area contributed by atoms with Gasteiger partial charge in [-0.05, 0) is 6.26 Å². The van der Waals surface area contributed by atoms with Gasteiger partial charge in [-0.3, -0.25) is 0 Å². The molecule has 0 rings (SSSR count). The van der Waals surface area contributed by atoms with Crippen LogP contribution in [0.3, 0.4) is 0 Å². The molecule has 1 unspecified atom stereocenters. The fraction of sp³-hybridized carbons (Fsp3) is 0.833. The van der Waals surface area contributed by atoms with Crippen LogP contribution < -0.4 is 5.32 Å². The molecule has 0 aliphatic rings. The van der Waals surface area contributed by atoms with E-state index in [1.165, 1.54) is 7.11 Å². The van der Waals surface area contributed by atoms with Gasteiger partial charge >= 0.3 is 6.09 Å². The van der Waals surface area contributed by atoms with Crippen molar-refractivity contribution in [3.63, 3.8) is 0 Å². The third-order valence-electron chi connectivity index (χ3n) is 1.12. The Morgan fingerprint density at radius 2 is 2.40 bits per heavy atom. The van der Waals surface area contributed by atoms with Crippen molar-refractivity contribution in [2.45, 2.75) is 12.2 Å². The van der Waals surface area contributed by atoms with Crippen molar-refractivity contribution < 1.29 is 9.53 Å². The summed E-state index contributed by atoms with van der Waals surface area (Å²) in [5.41, 5.74) is 0. The highest BCUT2D eigenvalue weighted by Gasteiger charge is 2.01. The van der Waals surface area contributed by atoms with Gasteiger partial charge in [-0.2, -0.15) is 11.8 Å². The molecule has 4 heteroatoms. The molecule has 10 heavy (non-hydrogen) atoms. The largest absolute Gasteiger partial charge is 0.453 e. The van der Waals surface area contributed by atoms with Gasteiger partial charge in [-0.15, -0.1) is 0 Å². The Morgan fingerprint density at radius 3 is 2.80 bits per heavy atom. The third kappa shape index (κ3) is 4.49. The lowest BCUT2D eigenvalue weighted by Gasteiger charge is -2.07. The summed E-state index contributed by atoms with van der Waals surface area (Å²) in [5.74, 6) is 0. The molecule has 0 bridgehead atoms. The molecule has 0 aromatic rings. The van der Waals surface area contributed by atoms with E-state index in [0.29, 0.717) is 11.8 Å². The molecule has 0 saturated carbocycles. The lowest BCUT2D eigenvalue weighted by atomic mass is 10.5. The molecule has 1 amide bonds. The zero-order valence-electron chi connectivity index (χ0n) is 6.51. The van der Waals surface area contributed by atoms with Crippen LogP contribution in [0.5, 0.6) is 0 Å². The van der Waals surface area contributed by atoms with Gasteiger partial charge in [0.2, 0.25) is 0 Å². The van der Waals surface area contributed by atoms with E-state index < -0.39 is 0 Å². The first-order chi connectivity index (χ1) is 4.70. The highest BCUT2D eigenvalue weighted by Crippen LogP contribution is 2.02. The van der Waals surface area contributed by atoms with Crippen molar-refractivity contribution in [3.05, 3.63) is 0 Å². The molecule has 0 fully saturated rings. The molecule has 0 heterocycles. The van der Waals surface area contributed by atoms with Crippen molar-refractivity contribution in [1.29, 1.82) is 0 Å². The molecule has 0 aliphatic heterocycles. The van der Waals surface area contributed by atoms with Crippen molar-refractivity contribution >= 4 is 17.9 Å². The van der Waals surface area contributed by atoms with Crippen LogP contribution >= 0.6 is 11.8 Å². The second kappa shape index (κ2) is 5.41. The fourth-order valence-corrected chi connectivity index (χ4v) is 0.633. The average Bonchev–Trinajstić information content (AvgIpc) is 1.99. The quantitative estimate of drug-likeness (QED) is 0.677. The first-order valence-electron chi connectivity index (χ1n) is 3.05. The molecule has 3 nitrogen and oxygen atoms in total. The predicted molar refractivity (Wildman–Crippen MR) is 43.4 cm³/mol. The van der Waals surface area contributed by atoms with Gasteiger partial charge in [0.05, 0.1) is 7.11 Å². The molecule has 0 spiro atoms. The summed E-state index contributed by atoms with van der Waals surface area (Å²) in [6, 6.07) is 0. The predicted octanol–water partition coefficient (Wildman–Crippen LogP) is 1.09. The number of methoxy groups -OCH3 is 1. The zero-order valence-corrected chi connectivity index (χ0v) is 7.33. The van der Waals surface area contributed by atoms with Crippen molar-refractivity contribution in [2.24, 2.45) is 0 Å². The maximum absolute atomic E-state index is 10.5. The molecule has 0 aromatic carbocycles. The summed E-state index contributed by atoms with van der Waals surface area (Å²) >= 11 is 1.71. The van der Waals surface area contributed by atoms with Crippen LogP contribution in [0.1, 0.15) is 6.92 Å². The second-order valence-electron chi connectivity index (χ2n) is 1.92. The zero-order chi connectivity index (χ0) is 7.98. The van der Waals surface area contributed by atoms with E-state index in [1.54, 1.807) is 11.8 Å². The maximum Gasteiger partial charge on any atom is 0.406 e. The van der Waals surface area contributed by atoms with Gasteiger partial charge in [-0.1, -0.05) is 6.92 Å². The van der Waals surface area contributed by atoms with Crippen LogP contribution in [-0.2, 0) is 4.74 Å². The number of hydrogen-bond donors (Lipinski definition) is 1. The number of alkyl carbamates (subject to hydrolysis) is 1. The van der Waals surface area contributed by atoms with E-state index in [0.717, 1.165) is 0 Å². The summed E-state index contributed by atoms with van der Waals surface area (Å²) in [6.07, 6.45) is 1.64. The summed E-state index contributed by atoms with van der Waals surface area (Å²) in [4.78, 5) is 10.5. The lowest BCUT2D eigenvalue weighted by Crippen LogP contribution is -2.28. The minimum Gasteiger partial charge on any atom is -0.453 e. The smallest absolute Gasteiger partial charge is 0.406 e. The number of amides is 1. The van der Waals surface area contributed by atoms with E-state index in [-0.39, 0.29) is 6.09 Å². The first-order valence-corrected chi connectivity index (χ1v) is 4.34. The molecular weight excluding hydrogens is 150 g/mol. The number of carbonyl (C=O) groups is 1.